The van der Waals surface area contributed by atoms with Gasteiger partial charge in [-0.15, -0.1) is 11.8 Å². The van der Waals surface area contributed by atoms with Gasteiger partial charge in [0.15, 0.2) is 0 Å². The van der Waals surface area contributed by atoms with Crippen LogP contribution in [0.4, 0.5) is 0 Å². The molecule has 3 rings (SSSR count). The third-order valence-electron chi connectivity index (χ3n) is 3.88. The Hall–Kier alpha value is -1.25. The van der Waals surface area contributed by atoms with Crippen molar-refractivity contribution in [2.24, 2.45) is 5.92 Å². The van der Waals surface area contributed by atoms with Crippen LogP contribution in [0.15, 0.2) is 59.5 Å². The second kappa shape index (κ2) is 6.02. The van der Waals surface area contributed by atoms with Crippen molar-refractivity contribution in [2.75, 3.05) is 20.6 Å². The Bertz CT molecular complexity index is 565. The highest BCUT2D eigenvalue weighted by molar-refractivity contribution is 7.99. The number of thioether (sulfide) groups is 1. The van der Waals surface area contributed by atoms with Gasteiger partial charge in [-0.1, -0.05) is 42.5 Å². The van der Waals surface area contributed by atoms with Gasteiger partial charge < -0.3 is 4.90 Å². The molecule has 2 aromatic carbocycles. The Kier molecular flexibility index (Phi) is 4.13. The maximum atomic E-state index is 2.31. The summed E-state index contributed by atoms with van der Waals surface area (Å²) in [6.07, 6.45) is 1.21. The maximum absolute atomic E-state index is 2.31. The first-order valence-electron chi connectivity index (χ1n) is 7.18. The minimum absolute atomic E-state index is 0.580. The third kappa shape index (κ3) is 2.92. The second-order valence-corrected chi connectivity index (χ2v) is 6.99. The fourth-order valence-electron chi connectivity index (χ4n) is 3.08. The molecule has 104 valence electrons. The lowest BCUT2D eigenvalue weighted by Crippen LogP contribution is -2.23. The largest absolute Gasteiger partial charge is 0.309 e. The van der Waals surface area contributed by atoms with Crippen LogP contribution in [0.25, 0.3) is 0 Å². The first-order valence-corrected chi connectivity index (χ1v) is 8.06. The molecule has 0 N–H and O–H groups in total. The average molecular weight is 283 g/mol. The molecule has 0 spiro atoms. The summed E-state index contributed by atoms with van der Waals surface area (Å²) >= 11 is 2.02. The summed E-state index contributed by atoms with van der Waals surface area (Å²) in [5, 5.41) is 0.580. The first kappa shape index (κ1) is 13.7. The Morgan fingerprint density at radius 3 is 2.45 bits per heavy atom. The monoisotopic (exact) mass is 283 g/mol. The lowest BCUT2D eigenvalue weighted by Gasteiger charge is -2.23. The minimum atomic E-state index is 0.580. The predicted octanol–water partition coefficient (Wildman–Crippen LogP) is 4.25. The summed E-state index contributed by atoms with van der Waals surface area (Å²) in [4.78, 5) is 3.69. The molecule has 0 unspecified atom stereocenters. The zero-order valence-corrected chi connectivity index (χ0v) is 12.9. The van der Waals surface area contributed by atoms with E-state index in [-0.39, 0.29) is 0 Å². The number of fused-ring (bicyclic) bond motifs is 1. The van der Waals surface area contributed by atoms with Crippen molar-refractivity contribution in [2.45, 2.75) is 16.6 Å². The average Bonchev–Trinajstić information content (AvgIpc) is 2.77. The Labute approximate surface area is 126 Å². The molecule has 20 heavy (non-hydrogen) atoms. The van der Waals surface area contributed by atoms with Crippen molar-refractivity contribution in [3.8, 4) is 0 Å². The van der Waals surface area contributed by atoms with Crippen LogP contribution < -0.4 is 0 Å². The van der Waals surface area contributed by atoms with Crippen LogP contribution >= 0.6 is 11.8 Å². The van der Waals surface area contributed by atoms with Crippen molar-refractivity contribution in [1.82, 2.24) is 4.90 Å². The van der Waals surface area contributed by atoms with Gasteiger partial charge in [-0.05, 0) is 49.7 Å². The Balaban J connectivity index is 1.87. The molecule has 0 amide bonds. The molecular weight excluding hydrogens is 262 g/mol. The van der Waals surface area contributed by atoms with Gasteiger partial charge in [-0.2, -0.15) is 0 Å². The van der Waals surface area contributed by atoms with E-state index in [9.17, 15) is 0 Å². The van der Waals surface area contributed by atoms with Gasteiger partial charge in [0.2, 0.25) is 0 Å². The van der Waals surface area contributed by atoms with Crippen LogP contribution in [0, 0.1) is 5.92 Å². The first-order chi connectivity index (χ1) is 9.74. The van der Waals surface area contributed by atoms with E-state index in [0.717, 1.165) is 6.54 Å². The van der Waals surface area contributed by atoms with E-state index in [1.165, 1.54) is 22.4 Å². The van der Waals surface area contributed by atoms with Gasteiger partial charge in [0.25, 0.3) is 0 Å². The Morgan fingerprint density at radius 1 is 1.00 bits per heavy atom. The number of rotatable bonds is 4. The van der Waals surface area contributed by atoms with Crippen LogP contribution in [0.2, 0.25) is 0 Å². The van der Waals surface area contributed by atoms with Crippen LogP contribution in [0.1, 0.15) is 16.4 Å². The van der Waals surface area contributed by atoms with E-state index in [0.29, 0.717) is 11.2 Å². The number of nitrogens with zero attached hydrogens (tertiary/aromatic N) is 1. The van der Waals surface area contributed by atoms with Crippen LogP contribution in [0.3, 0.4) is 0 Å². The van der Waals surface area contributed by atoms with E-state index in [1.54, 1.807) is 0 Å². The molecule has 2 atom stereocenters. The molecule has 0 saturated carbocycles. The molecule has 0 saturated heterocycles. The van der Waals surface area contributed by atoms with Gasteiger partial charge in [0.1, 0.15) is 0 Å². The summed E-state index contributed by atoms with van der Waals surface area (Å²) in [6.45, 7) is 1.15. The van der Waals surface area contributed by atoms with Gasteiger partial charge in [0, 0.05) is 16.7 Å². The van der Waals surface area contributed by atoms with Gasteiger partial charge in [0.05, 0.1) is 0 Å². The lowest BCUT2D eigenvalue weighted by molar-refractivity contribution is 0.329. The van der Waals surface area contributed by atoms with Gasteiger partial charge in [-0.3, -0.25) is 0 Å². The normalized spacial score (nSPS) is 21.1. The smallest absolute Gasteiger partial charge is 0.0390 e. The van der Waals surface area contributed by atoms with E-state index >= 15 is 0 Å². The van der Waals surface area contributed by atoms with Crippen LogP contribution in [-0.2, 0) is 6.42 Å². The zero-order chi connectivity index (χ0) is 13.9. The molecule has 1 nitrogen and oxygen atoms in total. The number of benzene rings is 2. The molecule has 1 aliphatic carbocycles. The zero-order valence-electron chi connectivity index (χ0n) is 12.1. The quantitative estimate of drug-likeness (QED) is 0.825. The Morgan fingerprint density at radius 2 is 1.70 bits per heavy atom. The molecule has 0 radical (unpaired) electrons. The minimum Gasteiger partial charge on any atom is -0.309 e. The van der Waals surface area contributed by atoms with Crippen LogP contribution in [-0.4, -0.2) is 25.5 Å². The second-order valence-electron chi connectivity index (χ2n) is 5.78. The number of hydrogen-bond acceptors (Lipinski definition) is 2. The highest BCUT2D eigenvalue weighted by Gasteiger charge is 2.33. The molecule has 0 fully saturated rings. The topological polar surface area (TPSA) is 3.24 Å². The fourth-order valence-corrected chi connectivity index (χ4v) is 4.41. The highest BCUT2D eigenvalue weighted by atomic mass is 32.2. The van der Waals surface area contributed by atoms with Gasteiger partial charge >= 0.3 is 0 Å². The van der Waals surface area contributed by atoms with Crippen molar-refractivity contribution in [3.05, 3.63) is 65.7 Å². The molecule has 2 aromatic rings. The highest BCUT2D eigenvalue weighted by Crippen LogP contribution is 2.48. The van der Waals surface area contributed by atoms with Crippen molar-refractivity contribution < 1.29 is 0 Å². The molecular formula is C18H21NS. The molecule has 0 aliphatic heterocycles. The van der Waals surface area contributed by atoms with E-state index in [4.69, 9.17) is 0 Å². The summed E-state index contributed by atoms with van der Waals surface area (Å²) < 4.78 is 0. The lowest BCUT2D eigenvalue weighted by atomic mass is 10.1. The number of hydrogen-bond donors (Lipinski definition) is 0. The third-order valence-corrected chi connectivity index (χ3v) is 5.31. The van der Waals surface area contributed by atoms with Gasteiger partial charge in [-0.25, -0.2) is 0 Å². The van der Waals surface area contributed by atoms with Crippen molar-refractivity contribution >= 4 is 11.8 Å². The predicted molar refractivity (Wildman–Crippen MR) is 87.2 cm³/mol. The van der Waals surface area contributed by atoms with E-state index in [2.05, 4.69) is 73.6 Å². The summed E-state index contributed by atoms with van der Waals surface area (Å²) in [5.74, 6) is 0.701. The van der Waals surface area contributed by atoms with Crippen LogP contribution in [0.5, 0.6) is 0 Å². The van der Waals surface area contributed by atoms with E-state index < -0.39 is 0 Å². The summed E-state index contributed by atoms with van der Waals surface area (Å²) in [6, 6.07) is 19.7. The molecule has 2 heteroatoms. The molecule has 0 bridgehead atoms. The standard InChI is InChI=1S/C18H21NS/c1-19(2)13-15-12-14-8-6-7-11-17(14)18(15)20-16-9-4-3-5-10-16/h3-11,15,18H,12-13H2,1-2H3/t15-,18+/m1/s1. The summed E-state index contributed by atoms with van der Waals surface area (Å²) in [7, 11) is 4.35. The summed E-state index contributed by atoms with van der Waals surface area (Å²) in [5.41, 5.74) is 3.07. The van der Waals surface area contributed by atoms with E-state index in [1.807, 2.05) is 11.8 Å². The maximum Gasteiger partial charge on any atom is 0.0390 e. The molecule has 0 aromatic heterocycles. The molecule has 1 aliphatic rings. The fraction of sp³-hybridized carbons (Fsp3) is 0.333. The van der Waals surface area contributed by atoms with Crippen molar-refractivity contribution in [1.29, 1.82) is 0 Å². The SMILES string of the molecule is CN(C)C[C@H]1Cc2ccccc2[C@H]1Sc1ccccc1. The molecule has 0 heterocycles. The van der Waals surface area contributed by atoms with Crippen molar-refractivity contribution in [3.63, 3.8) is 0 Å².